The van der Waals surface area contributed by atoms with Crippen molar-refractivity contribution in [3.8, 4) is 44.6 Å². The molecule has 0 unspecified atom stereocenters. The molecule has 8 aromatic rings. The van der Waals surface area contributed by atoms with Crippen molar-refractivity contribution in [1.29, 1.82) is 0 Å². The van der Waals surface area contributed by atoms with E-state index >= 15 is 0 Å². The van der Waals surface area contributed by atoms with Crippen LogP contribution in [0.3, 0.4) is 0 Å². The van der Waals surface area contributed by atoms with Gasteiger partial charge in [-0.25, -0.2) is 19.9 Å². The van der Waals surface area contributed by atoms with Crippen LogP contribution in [-0.4, -0.2) is 24.9 Å². The molecule has 0 radical (unpaired) electrons. The molecule has 0 saturated heterocycles. The van der Waals surface area contributed by atoms with Gasteiger partial charge in [0.05, 0.1) is 5.69 Å². The van der Waals surface area contributed by atoms with Crippen LogP contribution >= 0.6 is 0 Å². The van der Waals surface area contributed by atoms with Crippen molar-refractivity contribution in [3.63, 3.8) is 0 Å². The standard InChI is InChI=1S/C35H21N5/c1-2-12-40-33(3-1)30-9-5-23-6-10-31-29(8-4-22-7-11-32(30)35(23)34(22)31)26-14-24(27-16-36-20-37-17-27)13-25(15-26)28-18-38-21-39-19-28/h1-21H. The lowest BCUT2D eigenvalue weighted by atomic mass is 9.87. The summed E-state index contributed by atoms with van der Waals surface area (Å²) in [6.07, 6.45) is 12.4. The van der Waals surface area contributed by atoms with Gasteiger partial charge in [-0.1, -0.05) is 54.6 Å². The van der Waals surface area contributed by atoms with E-state index in [1.807, 2.05) is 43.1 Å². The Morgan fingerprint density at radius 1 is 0.425 bits per heavy atom. The summed E-state index contributed by atoms with van der Waals surface area (Å²) in [5, 5.41) is 7.41. The lowest BCUT2D eigenvalue weighted by Gasteiger charge is -2.17. The van der Waals surface area contributed by atoms with E-state index in [-0.39, 0.29) is 0 Å². The molecule has 0 saturated carbocycles. The van der Waals surface area contributed by atoms with Crippen molar-refractivity contribution in [3.05, 3.63) is 129 Å². The monoisotopic (exact) mass is 511 g/mol. The third-order valence-corrected chi connectivity index (χ3v) is 7.64. The zero-order chi connectivity index (χ0) is 26.5. The number of rotatable bonds is 4. The van der Waals surface area contributed by atoms with Gasteiger partial charge >= 0.3 is 0 Å². The fraction of sp³-hybridized carbons (Fsp3) is 0. The first-order valence-corrected chi connectivity index (χ1v) is 13.1. The molecule has 0 amide bonds. The molecular formula is C35H21N5. The predicted molar refractivity (Wildman–Crippen MR) is 161 cm³/mol. The van der Waals surface area contributed by atoms with Gasteiger partial charge in [-0.2, -0.15) is 0 Å². The Balaban J connectivity index is 1.41. The van der Waals surface area contributed by atoms with Gasteiger partial charge in [0.15, 0.2) is 0 Å². The highest BCUT2D eigenvalue weighted by molar-refractivity contribution is 6.27. The summed E-state index contributed by atoms with van der Waals surface area (Å²) in [5.41, 5.74) is 8.41. The minimum Gasteiger partial charge on any atom is -0.256 e. The van der Waals surface area contributed by atoms with Crippen molar-refractivity contribution >= 4 is 32.3 Å². The van der Waals surface area contributed by atoms with Crippen LogP contribution < -0.4 is 0 Å². The molecule has 0 spiro atoms. The highest BCUT2D eigenvalue weighted by Gasteiger charge is 2.16. The minimum atomic E-state index is 0.958. The van der Waals surface area contributed by atoms with Crippen LogP contribution in [0.1, 0.15) is 0 Å². The van der Waals surface area contributed by atoms with Gasteiger partial charge in [-0.05, 0) is 84.9 Å². The number of hydrogen-bond acceptors (Lipinski definition) is 5. The molecule has 0 atom stereocenters. The fourth-order valence-electron chi connectivity index (χ4n) is 5.81. The molecule has 8 rings (SSSR count). The van der Waals surface area contributed by atoms with E-state index in [2.05, 4.69) is 97.7 Å². The smallest absolute Gasteiger partial charge is 0.115 e. The van der Waals surface area contributed by atoms with Crippen molar-refractivity contribution in [2.75, 3.05) is 0 Å². The van der Waals surface area contributed by atoms with Gasteiger partial charge in [-0.3, -0.25) is 4.98 Å². The van der Waals surface area contributed by atoms with Crippen molar-refractivity contribution < 1.29 is 0 Å². The number of aromatic nitrogens is 5. The summed E-state index contributed by atoms with van der Waals surface area (Å²) in [6.45, 7) is 0. The quantitative estimate of drug-likeness (QED) is 0.223. The van der Waals surface area contributed by atoms with Gasteiger partial charge in [0.1, 0.15) is 12.7 Å². The Kier molecular flexibility index (Phi) is 5.07. The molecule has 5 nitrogen and oxygen atoms in total. The van der Waals surface area contributed by atoms with E-state index in [9.17, 15) is 0 Å². The first-order chi connectivity index (χ1) is 19.8. The topological polar surface area (TPSA) is 64.5 Å². The highest BCUT2D eigenvalue weighted by atomic mass is 14.8. The number of hydrogen-bond donors (Lipinski definition) is 0. The molecule has 0 aliphatic heterocycles. The van der Waals surface area contributed by atoms with E-state index in [0.717, 1.165) is 39.1 Å². The maximum Gasteiger partial charge on any atom is 0.115 e. The van der Waals surface area contributed by atoms with Gasteiger partial charge in [0, 0.05) is 47.7 Å². The lowest BCUT2D eigenvalue weighted by Crippen LogP contribution is -1.92. The van der Waals surface area contributed by atoms with Gasteiger partial charge < -0.3 is 0 Å². The second kappa shape index (κ2) is 9.03. The molecular weight excluding hydrogens is 490 g/mol. The van der Waals surface area contributed by atoms with E-state index in [1.54, 1.807) is 12.7 Å². The molecule has 3 heterocycles. The predicted octanol–water partition coefficient (Wildman–Crippen LogP) is 8.23. The van der Waals surface area contributed by atoms with Crippen LogP contribution in [0, 0.1) is 0 Å². The number of pyridine rings is 1. The van der Waals surface area contributed by atoms with Crippen molar-refractivity contribution in [1.82, 2.24) is 24.9 Å². The van der Waals surface area contributed by atoms with Gasteiger partial charge in [0.2, 0.25) is 0 Å². The van der Waals surface area contributed by atoms with Crippen LogP contribution in [0.2, 0.25) is 0 Å². The molecule has 5 aromatic carbocycles. The molecule has 0 fully saturated rings. The normalized spacial score (nSPS) is 11.5. The van der Waals surface area contributed by atoms with Crippen LogP contribution in [0.5, 0.6) is 0 Å². The second-order valence-corrected chi connectivity index (χ2v) is 9.92. The zero-order valence-corrected chi connectivity index (χ0v) is 21.4. The van der Waals surface area contributed by atoms with E-state index in [0.29, 0.717) is 0 Å². The summed E-state index contributed by atoms with van der Waals surface area (Å²) < 4.78 is 0. The molecule has 186 valence electrons. The Labute approximate surface area is 230 Å². The first kappa shape index (κ1) is 22.4. The molecule has 40 heavy (non-hydrogen) atoms. The maximum atomic E-state index is 4.65. The van der Waals surface area contributed by atoms with E-state index < -0.39 is 0 Å². The SMILES string of the molecule is c1ccc(-c2ccc3ccc4c(-c5cc(-c6cncnc6)cc(-c6cncnc6)c5)ccc5ccc2c3c54)nc1. The molecule has 0 bridgehead atoms. The Morgan fingerprint density at radius 3 is 1.52 bits per heavy atom. The molecule has 0 aliphatic rings. The summed E-state index contributed by atoms with van der Waals surface area (Å²) in [5.74, 6) is 0. The van der Waals surface area contributed by atoms with Crippen LogP contribution in [0.25, 0.3) is 77.0 Å². The lowest BCUT2D eigenvalue weighted by molar-refractivity contribution is 1.17. The first-order valence-electron chi connectivity index (χ1n) is 13.1. The van der Waals surface area contributed by atoms with E-state index in [4.69, 9.17) is 0 Å². The number of nitrogens with zero attached hydrogens (tertiary/aromatic N) is 5. The summed E-state index contributed by atoms with van der Waals surface area (Å²) in [4.78, 5) is 21.7. The third kappa shape index (κ3) is 3.60. The summed E-state index contributed by atoms with van der Waals surface area (Å²) >= 11 is 0. The Bertz CT molecular complexity index is 2090. The average Bonchev–Trinajstić information content (AvgIpc) is 3.04. The Morgan fingerprint density at radius 2 is 0.950 bits per heavy atom. The maximum absolute atomic E-state index is 4.65. The second-order valence-electron chi connectivity index (χ2n) is 9.92. The molecule has 0 N–H and O–H groups in total. The largest absolute Gasteiger partial charge is 0.256 e. The molecule has 3 aromatic heterocycles. The molecule has 0 aliphatic carbocycles. The highest BCUT2D eigenvalue weighted by Crippen LogP contribution is 2.43. The average molecular weight is 512 g/mol. The molecule has 5 heteroatoms. The van der Waals surface area contributed by atoms with Crippen molar-refractivity contribution in [2.24, 2.45) is 0 Å². The van der Waals surface area contributed by atoms with Gasteiger partial charge in [0.25, 0.3) is 0 Å². The van der Waals surface area contributed by atoms with E-state index in [1.165, 1.54) is 37.9 Å². The van der Waals surface area contributed by atoms with Crippen LogP contribution in [0.15, 0.2) is 129 Å². The Hall–Kier alpha value is -5.55. The fourth-order valence-corrected chi connectivity index (χ4v) is 5.81. The van der Waals surface area contributed by atoms with Crippen LogP contribution in [-0.2, 0) is 0 Å². The zero-order valence-electron chi connectivity index (χ0n) is 21.4. The van der Waals surface area contributed by atoms with Crippen molar-refractivity contribution in [2.45, 2.75) is 0 Å². The summed E-state index contributed by atoms with van der Waals surface area (Å²) in [7, 11) is 0. The van der Waals surface area contributed by atoms with Gasteiger partial charge in [-0.15, -0.1) is 0 Å². The number of benzene rings is 5. The summed E-state index contributed by atoms with van der Waals surface area (Å²) in [6, 6.07) is 30.5. The minimum absolute atomic E-state index is 0.958. The van der Waals surface area contributed by atoms with Crippen LogP contribution in [0.4, 0.5) is 0 Å². The third-order valence-electron chi connectivity index (χ3n) is 7.64.